The first-order valence-corrected chi connectivity index (χ1v) is 13.3. The van der Waals surface area contributed by atoms with Gasteiger partial charge >= 0.3 is 0 Å². The highest BCUT2D eigenvalue weighted by Crippen LogP contribution is 2.13. The number of unbranched alkanes of at least 4 members (excludes halogenated alkanes) is 14. The van der Waals surface area contributed by atoms with Gasteiger partial charge in [0.15, 0.2) is 12.4 Å². The van der Waals surface area contributed by atoms with Crippen molar-refractivity contribution in [2.45, 2.75) is 149 Å². The van der Waals surface area contributed by atoms with E-state index in [-0.39, 0.29) is 0 Å². The standard InChI is InChI=1S/C28H52N/c1-4-7-10-11-12-13-14-15-16-17-20-23-29-25-27(21-18-8-5-2)24-28(26-29)22-19-9-6-3/h24-26H,4-23H2,1-3H3/q+1. The Morgan fingerprint density at radius 2 is 0.862 bits per heavy atom. The molecule has 0 aliphatic heterocycles. The van der Waals surface area contributed by atoms with Gasteiger partial charge < -0.3 is 0 Å². The number of pyridine rings is 1. The highest BCUT2D eigenvalue weighted by Gasteiger charge is 2.08. The molecule has 0 saturated carbocycles. The molecule has 0 N–H and O–H groups in total. The van der Waals surface area contributed by atoms with Crippen molar-refractivity contribution in [3.63, 3.8) is 0 Å². The van der Waals surface area contributed by atoms with Crippen LogP contribution >= 0.6 is 0 Å². The maximum absolute atomic E-state index is 2.51. The monoisotopic (exact) mass is 402 g/mol. The number of rotatable bonds is 20. The summed E-state index contributed by atoms with van der Waals surface area (Å²) >= 11 is 0. The minimum absolute atomic E-state index is 1.21. The third-order valence-corrected chi connectivity index (χ3v) is 6.19. The van der Waals surface area contributed by atoms with Crippen LogP contribution in [0.25, 0.3) is 0 Å². The van der Waals surface area contributed by atoms with Crippen molar-refractivity contribution in [1.29, 1.82) is 0 Å². The zero-order chi connectivity index (χ0) is 21.0. The van der Waals surface area contributed by atoms with E-state index in [4.69, 9.17) is 0 Å². The molecule has 1 heteroatoms. The molecule has 0 spiro atoms. The number of hydrogen-bond donors (Lipinski definition) is 0. The van der Waals surface area contributed by atoms with Gasteiger partial charge in [0.1, 0.15) is 6.54 Å². The minimum atomic E-state index is 1.21. The summed E-state index contributed by atoms with van der Waals surface area (Å²) in [4.78, 5) is 0. The highest BCUT2D eigenvalue weighted by atomic mass is 14.9. The van der Waals surface area contributed by atoms with Crippen molar-refractivity contribution >= 4 is 0 Å². The smallest absolute Gasteiger partial charge is 0.171 e. The average Bonchev–Trinajstić information content (AvgIpc) is 2.72. The van der Waals surface area contributed by atoms with Crippen molar-refractivity contribution in [2.75, 3.05) is 0 Å². The molecule has 0 aliphatic rings. The topological polar surface area (TPSA) is 3.88 Å². The summed E-state index contributed by atoms with van der Waals surface area (Å²) < 4.78 is 2.51. The van der Waals surface area contributed by atoms with Crippen molar-refractivity contribution < 1.29 is 4.57 Å². The lowest BCUT2D eigenvalue weighted by Gasteiger charge is -2.06. The fraction of sp³-hybridized carbons (Fsp3) is 0.821. The highest BCUT2D eigenvalue weighted by molar-refractivity contribution is 5.15. The van der Waals surface area contributed by atoms with E-state index >= 15 is 0 Å². The van der Waals surface area contributed by atoms with E-state index in [1.807, 2.05) is 0 Å². The van der Waals surface area contributed by atoms with Crippen LogP contribution in [0.4, 0.5) is 0 Å². The van der Waals surface area contributed by atoms with Gasteiger partial charge in [-0.15, -0.1) is 0 Å². The van der Waals surface area contributed by atoms with Gasteiger partial charge in [-0.1, -0.05) is 104 Å². The molecular weight excluding hydrogens is 350 g/mol. The lowest BCUT2D eigenvalue weighted by Crippen LogP contribution is -2.34. The number of aromatic nitrogens is 1. The van der Waals surface area contributed by atoms with Gasteiger partial charge in [-0.2, -0.15) is 0 Å². The van der Waals surface area contributed by atoms with Crippen LogP contribution in [-0.4, -0.2) is 0 Å². The van der Waals surface area contributed by atoms with Crippen molar-refractivity contribution in [1.82, 2.24) is 0 Å². The molecule has 0 amide bonds. The van der Waals surface area contributed by atoms with Crippen LogP contribution in [0.2, 0.25) is 0 Å². The second kappa shape index (κ2) is 19.1. The molecule has 168 valence electrons. The predicted molar refractivity (Wildman–Crippen MR) is 130 cm³/mol. The third kappa shape index (κ3) is 14.7. The van der Waals surface area contributed by atoms with Crippen LogP contribution in [0.15, 0.2) is 18.5 Å². The number of nitrogens with zero attached hydrogens (tertiary/aromatic N) is 1. The lowest BCUT2D eigenvalue weighted by molar-refractivity contribution is -0.698. The van der Waals surface area contributed by atoms with Gasteiger partial charge in [-0.3, -0.25) is 0 Å². The van der Waals surface area contributed by atoms with Crippen LogP contribution in [-0.2, 0) is 19.4 Å². The first-order valence-electron chi connectivity index (χ1n) is 13.3. The zero-order valence-corrected chi connectivity index (χ0v) is 20.3. The normalized spacial score (nSPS) is 11.3. The molecule has 1 nitrogen and oxygen atoms in total. The van der Waals surface area contributed by atoms with Crippen molar-refractivity contribution in [3.8, 4) is 0 Å². The summed E-state index contributed by atoms with van der Waals surface area (Å²) in [6.07, 6.45) is 31.1. The average molecular weight is 403 g/mol. The van der Waals surface area contributed by atoms with Crippen LogP contribution in [0, 0.1) is 0 Å². The van der Waals surface area contributed by atoms with Gasteiger partial charge in [0, 0.05) is 17.5 Å². The molecule has 1 heterocycles. The SMILES string of the molecule is CCCCCCCCCCCCC[n+]1cc(CCCCC)cc(CCCCC)c1. The van der Waals surface area contributed by atoms with E-state index in [0.29, 0.717) is 0 Å². The summed E-state index contributed by atoms with van der Waals surface area (Å²) in [6.45, 7) is 8.11. The number of hydrogen-bond acceptors (Lipinski definition) is 0. The van der Waals surface area contributed by atoms with Gasteiger partial charge in [-0.25, -0.2) is 4.57 Å². The minimum Gasteiger partial charge on any atom is -0.205 e. The van der Waals surface area contributed by atoms with E-state index in [1.54, 1.807) is 11.1 Å². The van der Waals surface area contributed by atoms with E-state index in [1.165, 1.54) is 129 Å². The molecule has 0 bridgehead atoms. The molecule has 0 radical (unpaired) electrons. The summed E-state index contributed by atoms with van der Waals surface area (Å²) in [5.74, 6) is 0. The maximum Gasteiger partial charge on any atom is 0.171 e. The second-order valence-corrected chi connectivity index (χ2v) is 9.24. The van der Waals surface area contributed by atoms with E-state index in [0.717, 1.165) is 0 Å². The Morgan fingerprint density at radius 1 is 0.483 bits per heavy atom. The van der Waals surface area contributed by atoms with Crippen molar-refractivity contribution in [3.05, 3.63) is 29.6 Å². The van der Waals surface area contributed by atoms with Crippen molar-refractivity contribution in [2.24, 2.45) is 0 Å². The molecule has 0 aliphatic carbocycles. The Morgan fingerprint density at radius 3 is 1.31 bits per heavy atom. The zero-order valence-electron chi connectivity index (χ0n) is 20.3. The lowest BCUT2D eigenvalue weighted by atomic mass is 10.0. The summed E-state index contributed by atoms with van der Waals surface area (Å²) in [5, 5.41) is 0. The largest absolute Gasteiger partial charge is 0.205 e. The first kappa shape index (κ1) is 26.2. The first-order chi connectivity index (χ1) is 14.3. The van der Waals surface area contributed by atoms with E-state index in [9.17, 15) is 0 Å². The number of aryl methyl sites for hydroxylation is 3. The Kier molecular flexibility index (Phi) is 17.3. The maximum atomic E-state index is 2.51. The summed E-state index contributed by atoms with van der Waals surface area (Å²) in [7, 11) is 0. The quantitative estimate of drug-likeness (QED) is 0.151. The Balaban J connectivity index is 2.27. The van der Waals surface area contributed by atoms with Gasteiger partial charge in [0.05, 0.1) is 0 Å². The Labute approximate surface area is 183 Å². The van der Waals surface area contributed by atoms with Crippen LogP contribution in [0.3, 0.4) is 0 Å². The van der Waals surface area contributed by atoms with Crippen LogP contribution < -0.4 is 4.57 Å². The Hall–Kier alpha value is -0.850. The molecule has 1 aromatic rings. The molecule has 0 unspecified atom stereocenters. The third-order valence-electron chi connectivity index (χ3n) is 6.19. The summed E-state index contributed by atoms with van der Waals surface area (Å²) in [6, 6.07) is 2.49. The molecule has 0 aromatic carbocycles. The van der Waals surface area contributed by atoms with Gasteiger partial charge in [0.25, 0.3) is 0 Å². The fourth-order valence-corrected chi connectivity index (χ4v) is 4.30. The van der Waals surface area contributed by atoms with E-state index in [2.05, 4.69) is 43.8 Å². The Bertz CT molecular complexity index is 451. The second-order valence-electron chi connectivity index (χ2n) is 9.24. The molecule has 0 saturated heterocycles. The molecule has 0 atom stereocenters. The molecular formula is C28H52N+. The fourth-order valence-electron chi connectivity index (χ4n) is 4.30. The van der Waals surface area contributed by atoms with E-state index < -0.39 is 0 Å². The molecule has 1 aromatic heterocycles. The summed E-state index contributed by atoms with van der Waals surface area (Å²) in [5.41, 5.74) is 3.13. The predicted octanol–water partition coefficient (Wildman–Crippen LogP) is 8.75. The molecule has 0 fully saturated rings. The molecule has 29 heavy (non-hydrogen) atoms. The van der Waals surface area contributed by atoms with Crippen LogP contribution in [0.1, 0.15) is 141 Å². The van der Waals surface area contributed by atoms with Crippen LogP contribution in [0.5, 0.6) is 0 Å². The van der Waals surface area contributed by atoms with Gasteiger partial charge in [0.2, 0.25) is 0 Å². The van der Waals surface area contributed by atoms with Gasteiger partial charge in [-0.05, 0) is 38.2 Å². The molecule has 1 rings (SSSR count).